The molecule has 2 rings (SSSR count). The Morgan fingerprint density at radius 2 is 2.04 bits per heavy atom. The van der Waals surface area contributed by atoms with Crippen molar-refractivity contribution in [3.8, 4) is 11.5 Å². The third-order valence-electron chi connectivity index (χ3n) is 3.33. The molecule has 0 aliphatic heterocycles. The summed E-state index contributed by atoms with van der Waals surface area (Å²) in [6.07, 6.45) is 1.40. The molecule has 2 aromatic rings. The smallest absolute Gasteiger partial charge is 0.249 e. The zero-order chi connectivity index (χ0) is 16.8. The zero-order valence-corrected chi connectivity index (χ0v) is 14.5. The van der Waals surface area contributed by atoms with E-state index >= 15 is 0 Å². The molecule has 1 aromatic heterocycles. The van der Waals surface area contributed by atoms with Crippen LogP contribution in [0, 0.1) is 5.92 Å². The molecule has 0 saturated carbocycles. The van der Waals surface area contributed by atoms with Crippen LogP contribution in [0.15, 0.2) is 28.7 Å². The van der Waals surface area contributed by atoms with Gasteiger partial charge in [0.2, 0.25) is 17.7 Å². The minimum Gasteiger partial charge on any atom is -0.419 e. The van der Waals surface area contributed by atoms with E-state index in [0.29, 0.717) is 47.8 Å². The van der Waals surface area contributed by atoms with Crippen molar-refractivity contribution in [1.82, 2.24) is 15.1 Å². The van der Waals surface area contributed by atoms with Gasteiger partial charge in [-0.15, -0.1) is 10.2 Å². The summed E-state index contributed by atoms with van der Waals surface area (Å²) in [5.74, 6) is 1.23. The third-order valence-corrected chi connectivity index (χ3v) is 3.66. The van der Waals surface area contributed by atoms with Gasteiger partial charge in [-0.05, 0) is 24.5 Å². The molecule has 6 heteroatoms. The Kier molecular flexibility index (Phi) is 6.16. The quantitative estimate of drug-likeness (QED) is 0.761. The maximum absolute atomic E-state index is 12.3. The number of amides is 1. The van der Waals surface area contributed by atoms with E-state index in [9.17, 15) is 4.79 Å². The molecular weight excluding hydrogens is 314 g/mol. The van der Waals surface area contributed by atoms with Crippen LogP contribution in [-0.2, 0) is 11.3 Å². The largest absolute Gasteiger partial charge is 0.419 e. The minimum absolute atomic E-state index is 0.111. The van der Waals surface area contributed by atoms with E-state index in [1.54, 1.807) is 11.0 Å². The summed E-state index contributed by atoms with van der Waals surface area (Å²) < 4.78 is 5.68. The van der Waals surface area contributed by atoms with Crippen molar-refractivity contribution in [2.75, 3.05) is 6.54 Å². The molecule has 1 heterocycles. The highest BCUT2D eigenvalue weighted by Crippen LogP contribution is 2.26. The number of hydrogen-bond acceptors (Lipinski definition) is 4. The van der Waals surface area contributed by atoms with Gasteiger partial charge in [-0.3, -0.25) is 4.79 Å². The first kappa shape index (κ1) is 17.5. The SMILES string of the molecule is CCCN(Cc1nnc(-c2ccccc2Cl)o1)C(=O)CC(C)C. The number of halogens is 1. The average molecular weight is 336 g/mol. The molecule has 1 aromatic carbocycles. The number of rotatable bonds is 7. The van der Waals surface area contributed by atoms with Crippen LogP contribution in [0.5, 0.6) is 0 Å². The number of aromatic nitrogens is 2. The van der Waals surface area contributed by atoms with Crippen molar-refractivity contribution in [2.45, 2.75) is 40.2 Å². The summed E-state index contributed by atoms with van der Waals surface area (Å²) in [5.41, 5.74) is 0.698. The first-order valence-corrected chi connectivity index (χ1v) is 8.24. The van der Waals surface area contributed by atoms with Crippen molar-refractivity contribution in [2.24, 2.45) is 5.92 Å². The van der Waals surface area contributed by atoms with Crippen molar-refractivity contribution in [3.05, 3.63) is 35.2 Å². The maximum atomic E-state index is 12.3. The summed E-state index contributed by atoms with van der Waals surface area (Å²) in [6.45, 7) is 7.11. The standard InChI is InChI=1S/C17H22ClN3O2/c1-4-9-21(16(22)10-12(2)3)11-15-19-20-17(23-15)13-7-5-6-8-14(13)18/h5-8,12H,4,9-11H2,1-3H3. The lowest BCUT2D eigenvalue weighted by molar-refractivity contribution is -0.132. The minimum atomic E-state index is 0.111. The highest BCUT2D eigenvalue weighted by molar-refractivity contribution is 6.33. The van der Waals surface area contributed by atoms with Gasteiger partial charge in [0.05, 0.1) is 17.1 Å². The van der Waals surface area contributed by atoms with Crippen molar-refractivity contribution < 1.29 is 9.21 Å². The summed E-state index contributed by atoms with van der Waals surface area (Å²) in [5, 5.41) is 8.65. The normalized spacial score (nSPS) is 11.0. The van der Waals surface area contributed by atoms with Crippen LogP contribution in [-0.4, -0.2) is 27.5 Å². The summed E-state index contributed by atoms with van der Waals surface area (Å²) in [4.78, 5) is 14.1. The number of carbonyl (C=O) groups excluding carboxylic acids is 1. The van der Waals surface area contributed by atoms with Gasteiger partial charge in [0.15, 0.2) is 0 Å². The van der Waals surface area contributed by atoms with Gasteiger partial charge in [0.1, 0.15) is 0 Å². The van der Waals surface area contributed by atoms with E-state index in [4.69, 9.17) is 16.0 Å². The number of carbonyl (C=O) groups is 1. The molecule has 1 amide bonds. The predicted octanol–water partition coefficient (Wildman–Crippen LogP) is 4.17. The van der Waals surface area contributed by atoms with Gasteiger partial charge in [-0.1, -0.05) is 44.5 Å². The molecule has 0 aliphatic rings. The van der Waals surface area contributed by atoms with E-state index in [1.807, 2.05) is 39.0 Å². The summed E-state index contributed by atoms with van der Waals surface area (Å²) in [7, 11) is 0. The molecule has 0 spiro atoms. The Balaban J connectivity index is 2.12. The molecule has 0 atom stereocenters. The van der Waals surface area contributed by atoms with Gasteiger partial charge in [0.25, 0.3) is 0 Å². The van der Waals surface area contributed by atoms with E-state index < -0.39 is 0 Å². The molecular formula is C17H22ClN3O2. The second kappa shape index (κ2) is 8.11. The lowest BCUT2D eigenvalue weighted by atomic mass is 10.1. The third kappa shape index (κ3) is 4.79. The average Bonchev–Trinajstić information content (AvgIpc) is 2.95. The lowest BCUT2D eigenvalue weighted by Crippen LogP contribution is -2.32. The van der Waals surface area contributed by atoms with Gasteiger partial charge in [0, 0.05) is 13.0 Å². The van der Waals surface area contributed by atoms with Crippen LogP contribution in [0.1, 0.15) is 39.5 Å². The molecule has 0 bridgehead atoms. The Bertz CT molecular complexity index is 655. The topological polar surface area (TPSA) is 59.2 Å². The van der Waals surface area contributed by atoms with Crippen molar-refractivity contribution in [3.63, 3.8) is 0 Å². The molecule has 0 fully saturated rings. The fourth-order valence-corrected chi connectivity index (χ4v) is 2.48. The first-order valence-electron chi connectivity index (χ1n) is 7.86. The monoisotopic (exact) mass is 335 g/mol. The van der Waals surface area contributed by atoms with Crippen LogP contribution in [0.2, 0.25) is 5.02 Å². The van der Waals surface area contributed by atoms with Gasteiger partial charge in [-0.2, -0.15) is 0 Å². The fraction of sp³-hybridized carbons (Fsp3) is 0.471. The summed E-state index contributed by atoms with van der Waals surface area (Å²) in [6, 6.07) is 7.31. The molecule has 124 valence electrons. The first-order chi connectivity index (χ1) is 11.0. The Labute approximate surface area is 141 Å². The van der Waals surface area contributed by atoms with E-state index in [2.05, 4.69) is 10.2 Å². The zero-order valence-electron chi connectivity index (χ0n) is 13.8. The van der Waals surface area contributed by atoms with Gasteiger partial charge in [-0.25, -0.2) is 0 Å². The number of hydrogen-bond donors (Lipinski definition) is 0. The molecule has 0 saturated heterocycles. The molecule has 23 heavy (non-hydrogen) atoms. The Morgan fingerprint density at radius 1 is 1.30 bits per heavy atom. The van der Waals surface area contributed by atoms with Crippen LogP contribution in [0.3, 0.4) is 0 Å². The van der Waals surface area contributed by atoms with Crippen LogP contribution < -0.4 is 0 Å². The molecule has 0 radical (unpaired) electrons. The van der Waals surface area contributed by atoms with E-state index in [1.165, 1.54) is 0 Å². The van der Waals surface area contributed by atoms with E-state index in [-0.39, 0.29) is 5.91 Å². The number of benzene rings is 1. The van der Waals surface area contributed by atoms with Crippen molar-refractivity contribution in [1.29, 1.82) is 0 Å². The molecule has 5 nitrogen and oxygen atoms in total. The second-order valence-electron chi connectivity index (χ2n) is 5.89. The van der Waals surface area contributed by atoms with Crippen LogP contribution >= 0.6 is 11.6 Å². The van der Waals surface area contributed by atoms with Gasteiger partial charge >= 0.3 is 0 Å². The Morgan fingerprint density at radius 3 is 2.70 bits per heavy atom. The predicted molar refractivity (Wildman–Crippen MR) is 89.9 cm³/mol. The molecule has 0 aliphatic carbocycles. The summed E-state index contributed by atoms with van der Waals surface area (Å²) >= 11 is 6.14. The maximum Gasteiger partial charge on any atom is 0.249 e. The Hall–Kier alpha value is -1.88. The highest BCUT2D eigenvalue weighted by Gasteiger charge is 2.18. The highest BCUT2D eigenvalue weighted by atomic mass is 35.5. The fourth-order valence-electron chi connectivity index (χ4n) is 2.26. The van der Waals surface area contributed by atoms with Crippen LogP contribution in [0.25, 0.3) is 11.5 Å². The molecule has 0 N–H and O–H groups in total. The second-order valence-corrected chi connectivity index (χ2v) is 6.30. The van der Waals surface area contributed by atoms with Crippen molar-refractivity contribution >= 4 is 17.5 Å². The van der Waals surface area contributed by atoms with Crippen LogP contribution in [0.4, 0.5) is 0 Å². The lowest BCUT2D eigenvalue weighted by Gasteiger charge is -2.21. The van der Waals surface area contributed by atoms with Gasteiger partial charge < -0.3 is 9.32 Å². The van der Waals surface area contributed by atoms with E-state index in [0.717, 1.165) is 6.42 Å². The molecule has 0 unspecified atom stereocenters. The number of nitrogens with zero attached hydrogens (tertiary/aromatic N) is 3.